The second kappa shape index (κ2) is 8.75. The number of ether oxygens (including phenoxy) is 4. The Morgan fingerprint density at radius 2 is 1.64 bits per heavy atom. The van der Waals surface area contributed by atoms with Crippen LogP contribution in [0.3, 0.4) is 0 Å². The van der Waals surface area contributed by atoms with Crippen molar-refractivity contribution in [2.24, 2.45) is 0 Å². The number of hydrogen-bond acceptors (Lipinski definition) is 8. The van der Waals surface area contributed by atoms with E-state index in [0.717, 1.165) is 10.0 Å². The summed E-state index contributed by atoms with van der Waals surface area (Å²) in [5, 5.41) is 7.86. The first kappa shape index (κ1) is 19.7. The molecule has 3 rings (SSSR count). The minimum absolute atomic E-state index is 0.168. The third kappa shape index (κ3) is 4.25. The van der Waals surface area contributed by atoms with E-state index >= 15 is 0 Å². The van der Waals surface area contributed by atoms with E-state index in [1.807, 2.05) is 24.3 Å². The number of benzene rings is 2. The molecule has 0 aliphatic rings. The fourth-order valence-electron chi connectivity index (χ4n) is 2.43. The van der Waals surface area contributed by atoms with Crippen LogP contribution in [0.5, 0.6) is 17.2 Å². The topological polar surface area (TPSA) is 92.9 Å². The molecule has 0 saturated heterocycles. The third-order valence-electron chi connectivity index (χ3n) is 3.79. The summed E-state index contributed by atoms with van der Waals surface area (Å²) in [6.07, 6.45) is 0. The van der Waals surface area contributed by atoms with Crippen molar-refractivity contribution in [2.75, 3.05) is 21.3 Å². The van der Waals surface area contributed by atoms with E-state index < -0.39 is 5.97 Å². The van der Waals surface area contributed by atoms with Gasteiger partial charge in [0.1, 0.15) is 0 Å². The number of carbonyl (C=O) groups excluding carboxylic acids is 1. The average molecular weight is 449 g/mol. The van der Waals surface area contributed by atoms with Crippen LogP contribution >= 0.6 is 15.9 Å². The first-order chi connectivity index (χ1) is 13.5. The molecule has 0 fully saturated rings. The zero-order chi connectivity index (χ0) is 20.1. The van der Waals surface area contributed by atoms with Crippen molar-refractivity contribution in [1.82, 2.24) is 10.2 Å². The summed E-state index contributed by atoms with van der Waals surface area (Å²) >= 11 is 3.37. The molecule has 0 aliphatic carbocycles. The number of esters is 1. The molecule has 1 heterocycles. The molecule has 2 aromatic carbocycles. The van der Waals surface area contributed by atoms with Crippen LogP contribution in [0, 0.1) is 0 Å². The van der Waals surface area contributed by atoms with Crippen molar-refractivity contribution in [3.63, 3.8) is 0 Å². The highest BCUT2D eigenvalue weighted by Crippen LogP contribution is 2.38. The van der Waals surface area contributed by atoms with Gasteiger partial charge in [0.15, 0.2) is 18.1 Å². The summed E-state index contributed by atoms with van der Waals surface area (Å²) < 4.78 is 27.4. The first-order valence-corrected chi connectivity index (χ1v) is 8.90. The third-order valence-corrected chi connectivity index (χ3v) is 4.31. The molecule has 146 valence electrons. The van der Waals surface area contributed by atoms with E-state index in [0.29, 0.717) is 23.1 Å². The minimum atomic E-state index is -0.595. The second-order valence-corrected chi connectivity index (χ2v) is 6.41. The first-order valence-electron chi connectivity index (χ1n) is 8.11. The quantitative estimate of drug-likeness (QED) is 0.502. The molecule has 28 heavy (non-hydrogen) atoms. The molecule has 0 unspecified atom stereocenters. The maximum Gasteiger partial charge on any atom is 0.338 e. The van der Waals surface area contributed by atoms with E-state index in [2.05, 4.69) is 26.1 Å². The van der Waals surface area contributed by atoms with Crippen LogP contribution < -0.4 is 14.2 Å². The Kier molecular flexibility index (Phi) is 6.15. The van der Waals surface area contributed by atoms with E-state index in [1.54, 1.807) is 0 Å². The molecule has 1 aromatic heterocycles. The highest BCUT2D eigenvalue weighted by molar-refractivity contribution is 9.10. The predicted molar refractivity (Wildman–Crippen MR) is 103 cm³/mol. The molecule has 0 spiro atoms. The van der Waals surface area contributed by atoms with Gasteiger partial charge in [0.2, 0.25) is 11.6 Å². The summed E-state index contributed by atoms with van der Waals surface area (Å²) in [5.74, 6) is 1.01. The lowest BCUT2D eigenvalue weighted by atomic mass is 10.2. The highest BCUT2D eigenvalue weighted by Gasteiger charge is 2.19. The molecule has 0 saturated carbocycles. The number of aromatic nitrogens is 2. The Labute approximate surface area is 169 Å². The molecule has 3 aromatic rings. The molecule has 0 N–H and O–H groups in total. The maximum absolute atomic E-state index is 12.4. The van der Waals surface area contributed by atoms with Gasteiger partial charge in [-0.1, -0.05) is 15.9 Å². The number of methoxy groups -OCH3 is 3. The van der Waals surface area contributed by atoms with Crippen molar-refractivity contribution in [1.29, 1.82) is 0 Å². The summed E-state index contributed by atoms with van der Waals surface area (Å²) in [6, 6.07) is 10.4. The van der Waals surface area contributed by atoms with Crippen molar-refractivity contribution < 1.29 is 28.2 Å². The Morgan fingerprint density at radius 3 is 2.21 bits per heavy atom. The lowest BCUT2D eigenvalue weighted by molar-refractivity contribution is 0.0438. The lowest BCUT2D eigenvalue weighted by Gasteiger charge is -2.13. The molecule has 8 nitrogen and oxygen atoms in total. The molecular formula is C19H17BrN2O6. The summed E-state index contributed by atoms with van der Waals surface area (Å²) in [7, 11) is 4.42. The lowest BCUT2D eigenvalue weighted by Crippen LogP contribution is -2.07. The minimum Gasteiger partial charge on any atom is -0.493 e. The number of halogens is 1. The van der Waals surface area contributed by atoms with Crippen molar-refractivity contribution in [2.45, 2.75) is 6.61 Å². The van der Waals surface area contributed by atoms with Gasteiger partial charge < -0.3 is 23.4 Å². The van der Waals surface area contributed by atoms with Gasteiger partial charge in [-0.2, -0.15) is 0 Å². The Morgan fingerprint density at radius 1 is 1.00 bits per heavy atom. The average Bonchev–Trinajstić information content (AvgIpc) is 3.20. The molecule has 0 bridgehead atoms. The van der Waals surface area contributed by atoms with Gasteiger partial charge in [0.25, 0.3) is 5.89 Å². The van der Waals surface area contributed by atoms with Crippen LogP contribution in [0.25, 0.3) is 11.5 Å². The second-order valence-electron chi connectivity index (χ2n) is 5.50. The summed E-state index contributed by atoms with van der Waals surface area (Å²) in [5.41, 5.74) is 1.00. The standard InChI is InChI=1S/C19H17BrN2O6/c1-24-14-8-12(9-15(25-2)17(14)26-3)19(23)27-10-16-21-22-18(28-16)11-4-6-13(20)7-5-11/h4-9H,10H2,1-3H3. The molecule has 0 atom stereocenters. The predicted octanol–water partition coefficient (Wildman–Crippen LogP) is 3.88. The fourth-order valence-corrected chi connectivity index (χ4v) is 2.69. The SMILES string of the molecule is COc1cc(C(=O)OCc2nnc(-c3ccc(Br)cc3)o2)cc(OC)c1OC. The van der Waals surface area contributed by atoms with Gasteiger partial charge >= 0.3 is 5.97 Å². The molecule has 0 aliphatic heterocycles. The van der Waals surface area contributed by atoms with Gasteiger partial charge in [-0.3, -0.25) is 0 Å². The number of nitrogens with zero attached hydrogens (tertiary/aromatic N) is 2. The number of rotatable bonds is 7. The van der Waals surface area contributed by atoms with E-state index in [1.165, 1.54) is 33.5 Å². The zero-order valence-electron chi connectivity index (χ0n) is 15.4. The van der Waals surface area contributed by atoms with Crippen molar-refractivity contribution in [3.05, 3.63) is 52.3 Å². The highest BCUT2D eigenvalue weighted by atomic mass is 79.9. The molecular weight excluding hydrogens is 432 g/mol. The van der Waals surface area contributed by atoms with Crippen LogP contribution in [0.4, 0.5) is 0 Å². The van der Waals surface area contributed by atoms with Crippen molar-refractivity contribution in [3.8, 4) is 28.7 Å². The van der Waals surface area contributed by atoms with Gasteiger partial charge in [-0.15, -0.1) is 10.2 Å². The van der Waals surface area contributed by atoms with Gasteiger partial charge in [0, 0.05) is 10.0 Å². The molecule has 0 radical (unpaired) electrons. The van der Waals surface area contributed by atoms with Crippen LogP contribution in [-0.2, 0) is 11.3 Å². The molecule has 9 heteroatoms. The van der Waals surface area contributed by atoms with E-state index in [-0.39, 0.29) is 18.1 Å². The molecule has 0 amide bonds. The monoisotopic (exact) mass is 448 g/mol. The zero-order valence-corrected chi connectivity index (χ0v) is 17.0. The van der Waals surface area contributed by atoms with Crippen LogP contribution in [0.2, 0.25) is 0 Å². The number of hydrogen-bond donors (Lipinski definition) is 0. The van der Waals surface area contributed by atoms with Gasteiger partial charge in [0.05, 0.1) is 26.9 Å². The van der Waals surface area contributed by atoms with Gasteiger partial charge in [-0.25, -0.2) is 4.79 Å². The van der Waals surface area contributed by atoms with Gasteiger partial charge in [-0.05, 0) is 36.4 Å². The largest absolute Gasteiger partial charge is 0.493 e. The van der Waals surface area contributed by atoms with Crippen LogP contribution in [-0.4, -0.2) is 37.5 Å². The number of carbonyl (C=O) groups is 1. The maximum atomic E-state index is 12.4. The van der Waals surface area contributed by atoms with Crippen molar-refractivity contribution >= 4 is 21.9 Å². The van der Waals surface area contributed by atoms with E-state index in [4.69, 9.17) is 23.4 Å². The normalized spacial score (nSPS) is 10.4. The van der Waals surface area contributed by atoms with E-state index in [9.17, 15) is 4.79 Å². The smallest absolute Gasteiger partial charge is 0.338 e. The Bertz CT molecular complexity index is 946. The summed E-state index contributed by atoms with van der Waals surface area (Å²) in [6.45, 7) is -0.168. The fraction of sp³-hybridized carbons (Fsp3) is 0.211. The van der Waals surface area contributed by atoms with Crippen LogP contribution in [0.15, 0.2) is 45.3 Å². The van der Waals surface area contributed by atoms with Crippen LogP contribution in [0.1, 0.15) is 16.2 Å². The summed E-state index contributed by atoms with van der Waals surface area (Å²) in [4.78, 5) is 12.4. The Balaban J connectivity index is 1.71. The Hall–Kier alpha value is -3.07.